The van der Waals surface area contributed by atoms with Gasteiger partial charge in [-0.3, -0.25) is 4.79 Å². The fourth-order valence-electron chi connectivity index (χ4n) is 2.52. The van der Waals surface area contributed by atoms with Crippen LogP contribution in [0.1, 0.15) is 33.7 Å². The molecule has 0 spiro atoms. The molecule has 1 aromatic heterocycles. The summed E-state index contributed by atoms with van der Waals surface area (Å²) in [5, 5.41) is 3.43. The first-order chi connectivity index (χ1) is 8.66. The number of rotatable bonds is 2. The van der Waals surface area contributed by atoms with E-state index in [9.17, 15) is 4.79 Å². The second kappa shape index (κ2) is 4.25. The summed E-state index contributed by atoms with van der Waals surface area (Å²) in [5.74, 6) is 0.463. The highest BCUT2D eigenvalue weighted by Gasteiger charge is 2.21. The Balaban J connectivity index is 2.13. The van der Waals surface area contributed by atoms with Crippen molar-refractivity contribution in [1.29, 1.82) is 0 Å². The highest BCUT2D eigenvalue weighted by molar-refractivity contribution is 6.68. The minimum Gasteiger partial charge on any atom is -0.360 e. The lowest BCUT2D eigenvalue weighted by molar-refractivity contribution is 0.108. The third kappa shape index (κ3) is 1.75. The maximum atomic E-state index is 11.4. The molecule has 4 heteroatoms. The molecule has 0 saturated heterocycles. The van der Waals surface area contributed by atoms with E-state index in [0.717, 1.165) is 18.4 Å². The zero-order valence-electron chi connectivity index (χ0n) is 10.00. The summed E-state index contributed by atoms with van der Waals surface area (Å²) in [6.45, 7) is 1.69. The van der Waals surface area contributed by atoms with Crippen molar-refractivity contribution in [3.8, 4) is 11.3 Å². The van der Waals surface area contributed by atoms with Gasteiger partial charge in [-0.25, -0.2) is 0 Å². The van der Waals surface area contributed by atoms with Crippen LogP contribution in [-0.2, 0) is 12.8 Å². The number of hydrogen-bond acceptors (Lipinski definition) is 3. The van der Waals surface area contributed by atoms with Crippen molar-refractivity contribution < 1.29 is 9.32 Å². The Bertz CT molecular complexity index is 631. The minimum atomic E-state index is -0.524. The molecule has 3 nitrogen and oxygen atoms in total. The molecule has 1 heterocycles. The van der Waals surface area contributed by atoms with Crippen molar-refractivity contribution >= 4 is 16.8 Å². The van der Waals surface area contributed by atoms with Crippen LogP contribution < -0.4 is 0 Å². The van der Waals surface area contributed by atoms with Crippen molar-refractivity contribution in [3.05, 3.63) is 40.6 Å². The van der Waals surface area contributed by atoms with Crippen molar-refractivity contribution in [1.82, 2.24) is 5.16 Å². The monoisotopic (exact) mass is 261 g/mol. The molecule has 0 aliphatic heterocycles. The number of carbonyl (C=O) groups is 1. The molecule has 0 atom stereocenters. The zero-order chi connectivity index (χ0) is 12.7. The van der Waals surface area contributed by atoms with E-state index >= 15 is 0 Å². The lowest BCUT2D eigenvalue weighted by Gasteiger charge is -2.03. The summed E-state index contributed by atoms with van der Waals surface area (Å²) >= 11 is 5.58. The number of halogens is 1. The summed E-state index contributed by atoms with van der Waals surface area (Å²) in [5.41, 5.74) is 4.53. The predicted octanol–water partition coefficient (Wildman–Crippen LogP) is 3.52. The molecule has 18 heavy (non-hydrogen) atoms. The molecule has 3 rings (SSSR count). The zero-order valence-corrected chi connectivity index (χ0v) is 10.8. The number of carbonyl (C=O) groups excluding carboxylic acids is 1. The maximum absolute atomic E-state index is 11.4. The first-order valence-corrected chi connectivity index (χ1v) is 6.33. The van der Waals surface area contributed by atoms with E-state index in [1.807, 2.05) is 6.07 Å². The van der Waals surface area contributed by atoms with Gasteiger partial charge in [-0.2, -0.15) is 0 Å². The molecule has 0 amide bonds. The molecule has 2 aromatic rings. The normalized spacial score (nSPS) is 13.7. The van der Waals surface area contributed by atoms with Crippen LogP contribution in [0.5, 0.6) is 0 Å². The Hall–Kier alpha value is -1.61. The predicted molar refractivity (Wildman–Crippen MR) is 68.9 cm³/mol. The van der Waals surface area contributed by atoms with Gasteiger partial charge in [-0.1, -0.05) is 17.3 Å². The van der Waals surface area contributed by atoms with Gasteiger partial charge in [0.2, 0.25) is 0 Å². The summed E-state index contributed by atoms with van der Waals surface area (Å²) in [7, 11) is 0. The molecule has 0 fully saturated rings. The number of fused-ring (bicyclic) bond motifs is 1. The quantitative estimate of drug-likeness (QED) is 0.777. The molecule has 1 aliphatic rings. The molecular weight excluding hydrogens is 250 g/mol. The van der Waals surface area contributed by atoms with Gasteiger partial charge in [0, 0.05) is 5.56 Å². The number of aromatic nitrogens is 1. The summed E-state index contributed by atoms with van der Waals surface area (Å²) in [6, 6.07) is 6.16. The smallest absolute Gasteiger partial charge is 0.258 e. The Morgan fingerprint density at radius 2 is 2.11 bits per heavy atom. The molecule has 0 saturated carbocycles. The van der Waals surface area contributed by atoms with Crippen LogP contribution in [0.4, 0.5) is 0 Å². The second-order valence-electron chi connectivity index (χ2n) is 4.57. The first-order valence-electron chi connectivity index (χ1n) is 5.95. The number of hydrogen-bond donors (Lipinski definition) is 0. The molecule has 0 N–H and O–H groups in total. The molecule has 0 unspecified atom stereocenters. The van der Waals surface area contributed by atoms with Crippen molar-refractivity contribution in [2.24, 2.45) is 0 Å². The van der Waals surface area contributed by atoms with Crippen LogP contribution in [0.2, 0.25) is 0 Å². The van der Waals surface area contributed by atoms with E-state index in [0.29, 0.717) is 17.0 Å². The minimum absolute atomic E-state index is 0.370. The summed E-state index contributed by atoms with van der Waals surface area (Å²) in [6.07, 6.45) is 3.41. The number of aryl methyl sites for hydroxylation is 3. The van der Waals surface area contributed by atoms with E-state index in [1.54, 1.807) is 6.92 Å². The largest absolute Gasteiger partial charge is 0.360 e. The second-order valence-corrected chi connectivity index (χ2v) is 4.92. The van der Waals surface area contributed by atoms with Crippen molar-refractivity contribution in [3.63, 3.8) is 0 Å². The molecule has 1 aromatic carbocycles. The van der Waals surface area contributed by atoms with Gasteiger partial charge in [0.1, 0.15) is 17.0 Å². The number of benzene rings is 1. The van der Waals surface area contributed by atoms with Gasteiger partial charge in [0.25, 0.3) is 5.24 Å². The lowest BCUT2D eigenvalue weighted by Crippen LogP contribution is -1.94. The number of nitrogens with zero attached hydrogens (tertiary/aromatic N) is 1. The summed E-state index contributed by atoms with van der Waals surface area (Å²) in [4.78, 5) is 11.4. The van der Waals surface area contributed by atoms with Crippen LogP contribution in [0, 0.1) is 6.92 Å². The Morgan fingerprint density at radius 1 is 1.33 bits per heavy atom. The standard InChI is InChI=1S/C14H12ClNO2/c1-8-12(14(15)17)13(16-18-8)11-6-5-9-3-2-4-10(9)7-11/h5-7H,2-4H2,1H3. The van der Waals surface area contributed by atoms with E-state index in [-0.39, 0.29) is 0 Å². The van der Waals surface area contributed by atoms with E-state index < -0.39 is 5.24 Å². The molecule has 92 valence electrons. The van der Waals surface area contributed by atoms with E-state index in [2.05, 4.69) is 17.3 Å². The first kappa shape index (κ1) is 11.5. The van der Waals surface area contributed by atoms with Crippen LogP contribution >= 0.6 is 11.6 Å². The average Bonchev–Trinajstić information content (AvgIpc) is 2.93. The van der Waals surface area contributed by atoms with Crippen LogP contribution in [0.25, 0.3) is 11.3 Å². The van der Waals surface area contributed by atoms with Crippen LogP contribution in [0.15, 0.2) is 22.7 Å². The van der Waals surface area contributed by atoms with E-state index in [4.69, 9.17) is 16.1 Å². The molecule has 0 radical (unpaired) electrons. The van der Waals surface area contributed by atoms with E-state index in [1.165, 1.54) is 17.5 Å². The van der Waals surface area contributed by atoms with Crippen molar-refractivity contribution in [2.45, 2.75) is 26.2 Å². The maximum Gasteiger partial charge on any atom is 0.258 e. The van der Waals surface area contributed by atoms with Gasteiger partial charge in [0.15, 0.2) is 0 Å². The van der Waals surface area contributed by atoms with Crippen LogP contribution in [0.3, 0.4) is 0 Å². The van der Waals surface area contributed by atoms with Gasteiger partial charge in [-0.05, 0) is 55.0 Å². The third-order valence-electron chi connectivity index (χ3n) is 3.43. The summed E-state index contributed by atoms with van der Waals surface area (Å²) < 4.78 is 5.08. The SMILES string of the molecule is Cc1onc(-c2ccc3c(c2)CCC3)c1C(=O)Cl. The molecule has 1 aliphatic carbocycles. The Labute approximate surface area is 110 Å². The van der Waals surface area contributed by atoms with Gasteiger partial charge < -0.3 is 4.52 Å². The van der Waals surface area contributed by atoms with Gasteiger partial charge >= 0.3 is 0 Å². The lowest BCUT2D eigenvalue weighted by atomic mass is 10.0. The Morgan fingerprint density at radius 3 is 2.89 bits per heavy atom. The topological polar surface area (TPSA) is 43.1 Å². The fourth-order valence-corrected chi connectivity index (χ4v) is 2.74. The third-order valence-corrected chi connectivity index (χ3v) is 3.62. The van der Waals surface area contributed by atoms with Gasteiger partial charge in [0.05, 0.1) is 0 Å². The average molecular weight is 262 g/mol. The Kier molecular flexibility index (Phi) is 2.71. The highest BCUT2D eigenvalue weighted by Crippen LogP contribution is 2.31. The highest BCUT2D eigenvalue weighted by atomic mass is 35.5. The van der Waals surface area contributed by atoms with Crippen molar-refractivity contribution in [2.75, 3.05) is 0 Å². The molecular formula is C14H12ClNO2. The fraction of sp³-hybridized carbons (Fsp3) is 0.286. The van der Waals surface area contributed by atoms with Gasteiger partial charge in [-0.15, -0.1) is 0 Å². The molecule has 0 bridgehead atoms. The van der Waals surface area contributed by atoms with Crippen LogP contribution in [-0.4, -0.2) is 10.4 Å².